The Bertz CT molecular complexity index is 904. The maximum Gasteiger partial charge on any atom is 0.256 e. The lowest BCUT2D eigenvalue weighted by molar-refractivity contribution is -0.0862. The zero-order valence-electron chi connectivity index (χ0n) is 14.8. The lowest BCUT2D eigenvalue weighted by Gasteiger charge is -2.46. The molecule has 28 heavy (non-hydrogen) atoms. The number of halogens is 4. The number of nitrogens with one attached hydrogen (secondary N) is 1. The predicted molar refractivity (Wildman–Crippen MR) is 108 cm³/mol. The van der Waals surface area contributed by atoms with Gasteiger partial charge in [0.2, 0.25) is 0 Å². The second-order valence-electron chi connectivity index (χ2n) is 6.81. The third-order valence-electron chi connectivity index (χ3n) is 4.62. The number of anilines is 2. The summed E-state index contributed by atoms with van der Waals surface area (Å²) >= 11 is 1.92. The molecule has 0 aromatic heterocycles. The topological polar surface area (TPSA) is 78.6 Å². The average molecular weight is 505 g/mol. The largest absolute Gasteiger partial charge is 0.386 e. The molecule has 4 N–H and O–H groups in total. The van der Waals surface area contributed by atoms with Crippen LogP contribution in [0.3, 0.4) is 0 Å². The summed E-state index contributed by atoms with van der Waals surface area (Å²) < 4.78 is 43.0. The average Bonchev–Trinajstić information content (AvgIpc) is 2.63. The molecule has 2 aromatic carbocycles. The van der Waals surface area contributed by atoms with Crippen molar-refractivity contribution in [2.24, 2.45) is 5.73 Å². The number of carbonyl (C=O) groups is 1. The molecule has 0 saturated carbocycles. The van der Waals surface area contributed by atoms with Crippen LogP contribution in [0.2, 0.25) is 0 Å². The molecule has 2 aromatic rings. The molecule has 5 nitrogen and oxygen atoms in total. The molecule has 1 fully saturated rings. The third-order valence-corrected chi connectivity index (χ3v) is 5.29. The fraction of sp³-hybridized carbons (Fsp3) is 0.316. The van der Waals surface area contributed by atoms with Gasteiger partial charge in [0, 0.05) is 3.57 Å². The summed E-state index contributed by atoms with van der Waals surface area (Å²) in [5.41, 5.74) is 3.75. The molecule has 0 atom stereocenters. The maximum atomic E-state index is 14.4. The second kappa shape index (κ2) is 8.26. The Morgan fingerprint density at radius 1 is 1.21 bits per heavy atom. The van der Waals surface area contributed by atoms with Gasteiger partial charge in [-0.15, -0.1) is 0 Å². The number of nitrogens with two attached hydrogens (primary N) is 1. The van der Waals surface area contributed by atoms with E-state index in [2.05, 4.69) is 5.32 Å². The van der Waals surface area contributed by atoms with E-state index in [4.69, 9.17) is 5.73 Å². The van der Waals surface area contributed by atoms with Crippen LogP contribution in [0.5, 0.6) is 0 Å². The van der Waals surface area contributed by atoms with Gasteiger partial charge in [0.25, 0.3) is 5.91 Å². The van der Waals surface area contributed by atoms with Gasteiger partial charge in [-0.05, 0) is 72.3 Å². The summed E-state index contributed by atoms with van der Waals surface area (Å²) in [7, 11) is 0. The molecule has 1 heterocycles. The molecule has 1 aliphatic rings. The second-order valence-corrected chi connectivity index (χ2v) is 8.06. The highest BCUT2D eigenvalue weighted by atomic mass is 127. The summed E-state index contributed by atoms with van der Waals surface area (Å²) in [6.07, 6.45) is 1.06. The minimum Gasteiger partial charge on any atom is -0.386 e. The first kappa shape index (κ1) is 20.9. The van der Waals surface area contributed by atoms with Gasteiger partial charge in [-0.2, -0.15) is 0 Å². The number of nitrogens with zero attached hydrogens (tertiary/aromatic N) is 1. The number of aliphatic hydroxyl groups is 1. The first-order valence-corrected chi connectivity index (χ1v) is 9.74. The van der Waals surface area contributed by atoms with E-state index in [0.29, 0.717) is 23.0 Å². The summed E-state index contributed by atoms with van der Waals surface area (Å²) in [4.78, 5) is 14.1. The van der Waals surface area contributed by atoms with E-state index in [1.54, 1.807) is 6.07 Å². The molecule has 1 aliphatic heterocycles. The van der Waals surface area contributed by atoms with Crippen molar-refractivity contribution >= 4 is 39.9 Å². The molecule has 3 rings (SSSR count). The van der Waals surface area contributed by atoms with Gasteiger partial charge >= 0.3 is 0 Å². The van der Waals surface area contributed by atoms with Crippen LogP contribution < -0.4 is 11.1 Å². The number of likely N-dealkylation sites (tertiary alicyclic amines) is 1. The Labute approximate surface area is 173 Å². The zero-order chi connectivity index (χ0) is 20.5. The molecule has 0 bridgehead atoms. The van der Waals surface area contributed by atoms with Crippen LogP contribution in [-0.2, 0) is 0 Å². The van der Waals surface area contributed by atoms with E-state index in [1.807, 2.05) is 22.6 Å². The van der Waals surface area contributed by atoms with Crippen molar-refractivity contribution < 1.29 is 23.1 Å². The lowest BCUT2D eigenvalue weighted by Crippen LogP contribution is -2.63. The Balaban J connectivity index is 1.86. The molecule has 0 spiro atoms. The SMILES string of the molecule is NCCCC1(O)CN(C(=O)c2ccc(F)c(F)c2Nc2ccc(I)cc2F)C1. The third kappa shape index (κ3) is 4.26. The quantitative estimate of drug-likeness (QED) is 0.527. The van der Waals surface area contributed by atoms with Crippen molar-refractivity contribution in [1.29, 1.82) is 0 Å². The summed E-state index contributed by atoms with van der Waals surface area (Å²) in [6, 6.07) is 6.19. The summed E-state index contributed by atoms with van der Waals surface area (Å²) in [5, 5.41) is 12.8. The highest BCUT2D eigenvalue weighted by Gasteiger charge is 2.43. The summed E-state index contributed by atoms with van der Waals surface area (Å²) in [5.74, 6) is -3.67. The van der Waals surface area contributed by atoms with Crippen LogP contribution in [0, 0.1) is 21.0 Å². The van der Waals surface area contributed by atoms with Gasteiger partial charge in [-0.1, -0.05) is 0 Å². The number of carbonyl (C=O) groups excluding carboxylic acids is 1. The normalized spacial score (nSPS) is 15.3. The standard InChI is InChI=1S/C19H19F3IN3O2/c20-13-4-3-12(18(27)26-9-19(28,10-26)6-1-7-24)17(16(13)22)25-15-5-2-11(23)8-14(15)21/h2-5,8,25,28H,1,6-7,9-10,24H2. The van der Waals surface area contributed by atoms with E-state index < -0.39 is 34.6 Å². The first-order valence-electron chi connectivity index (χ1n) is 8.66. The van der Waals surface area contributed by atoms with E-state index in [-0.39, 0.29) is 24.3 Å². The van der Waals surface area contributed by atoms with Crippen molar-refractivity contribution in [1.82, 2.24) is 4.90 Å². The number of rotatable bonds is 6. The maximum absolute atomic E-state index is 14.4. The van der Waals surface area contributed by atoms with Crippen LogP contribution in [-0.4, -0.2) is 41.1 Å². The molecule has 9 heteroatoms. The first-order chi connectivity index (χ1) is 13.2. The Morgan fingerprint density at radius 2 is 1.93 bits per heavy atom. The number of amides is 1. The van der Waals surface area contributed by atoms with Gasteiger partial charge in [0.05, 0.1) is 35.6 Å². The fourth-order valence-electron chi connectivity index (χ4n) is 3.14. The number of hydrogen-bond donors (Lipinski definition) is 3. The van der Waals surface area contributed by atoms with Gasteiger partial charge < -0.3 is 21.1 Å². The van der Waals surface area contributed by atoms with Crippen molar-refractivity contribution in [3.63, 3.8) is 0 Å². The molecule has 0 unspecified atom stereocenters. The van der Waals surface area contributed by atoms with Crippen LogP contribution >= 0.6 is 22.6 Å². The van der Waals surface area contributed by atoms with E-state index in [0.717, 1.165) is 12.1 Å². The van der Waals surface area contributed by atoms with Gasteiger partial charge in [-0.3, -0.25) is 4.79 Å². The monoisotopic (exact) mass is 505 g/mol. The van der Waals surface area contributed by atoms with Crippen LogP contribution in [0.15, 0.2) is 30.3 Å². The van der Waals surface area contributed by atoms with Gasteiger partial charge in [0.1, 0.15) is 5.82 Å². The molecule has 0 radical (unpaired) electrons. The molecular weight excluding hydrogens is 486 g/mol. The Kier molecular flexibility index (Phi) is 6.15. The fourth-order valence-corrected chi connectivity index (χ4v) is 3.60. The zero-order valence-corrected chi connectivity index (χ0v) is 17.0. The molecule has 150 valence electrons. The Hall–Kier alpha value is -1.85. The smallest absolute Gasteiger partial charge is 0.256 e. The Morgan fingerprint density at radius 3 is 2.57 bits per heavy atom. The minimum absolute atomic E-state index is 0.0716. The van der Waals surface area contributed by atoms with E-state index in [1.165, 1.54) is 17.0 Å². The number of β-amino-alcohol motifs (C(OH)–C–C–N with tert-alkyl or cyclic N) is 1. The molecular formula is C19H19F3IN3O2. The van der Waals surface area contributed by atoms with Crippen LogP contribution in [0.4, 0.5) is 24.5 Å². The minimum atomic E-state index is -1.28. The van der Waals surface area contributed by atoms with Crippen LogP contribution in [0.1, 0.15) is 23.2 Å². The lowest BCUT2D eigenvalue weighted by atomic mass is 9.88. The van der Waals surface area contributed by atoms with E-state index in [9.17, 15) is 23.1 Å². The van der Waals surface area contributed by atoms with Crippen molar-refractivity contribution in [2.45, 2.75) is 18.4 Å². The number of hydrogen-bond acceptors (Lipinski definition) is 4. The van der Waals surface area contributed by atoms with Crippen molar-refractivity contribution in [3.8, 4) is 0 Å². The predicted octanol–water partition coefficient (Wildman–Crippen LogP) is 3.38. The molecule has 0 aliphatic carbocycles. The van der Waals surface area contributed by atoms with Crippen molar-refractivity contribution in [2.75, 3.05) is 25.0 Å². The highest BCUT2D eigenvalue weighted by Crippen LogP contribution is 2.32. The summed E-state index contributed by atoms with van der Waals surface area (Å²) in [6.45, 7) is 0.569. The van der Waals surface area contributed by atoms with Gasteiger partial charge in [-0.25, -0.2) is 13.2 Å². The van der Waals surface area contributed by atoms with Gasteiger partial charge in [0.15, 0.2) is 11.6 Å². The molecule has 1 saturated heterocycles. The van der Waals surface area contributed by atoms with Crippen molar-refractivity contribution in [3.05, 3.63) is 56.9 Å². The van der Waals surface area contributed by atoms with Crippen LogP contribution in [0.25, 0.3) is 0 Å². The molecule has 1 amide bonds. The number of benzene rings is 2. The highest BCUT2D eigenvalue weighted by molar-refractivity contribution is 14.1. The van der Waals surface area contributed by atoms with E-state index >= 15 is 0 Å².